The molecule has 0 bridgehead atoms. The summed E-state index contributed by atoms with van der Waals surface area (Å²) in [5.41, 5.74) is 7.03. The van der Waals surface area contributed by atoms with Crippen molar-refractivity contribution in [3.8, 4) is 0 Å². The van der Waals surface area contributed by atoms with Crippen LogP contribution in [0.5, 0.6) is 0 Å². The Labute approximate surface area is 106 Å². The average molecular weight is 250 g/mol. The van der Waals surface area contributed by atoms with E-state index in [-0.39, 0.29) is 12.1 Å². The molecule has 0 saturated carbocycles. The first kappa shape index (κ1) is 12.9. The quantitative estimate of drug-likeness (QED) is 0.847. The standard InChI is InChI=1S/C13H18N2O3/c14-11-6-7-15(13(16)17)8-12(11)18-9-10-4-2-1-3-5-10/h1-5,11-12H,6-9,14H2,(H,16,17)/t11-,12+/m1/s1. The minimum absolute atomic E-state index is 0.0932. The number of carbonyl (C=O) groups is 1. The SMILES string of the molecule is N[C@@H]1CCN(C(=O)O)C[C@@H]1OCc1ccccc1. The van der Waals surface area contributed by atoms with Gasteiger partial charge in [-0.3, -0.25) is 0 Å². The molecule has 2 rings (SSSR count). The maximum atomic E-state index is 10.9. The van der Waals surface area contributed by atoms with Gasteiger partial charge in [0.15, 0.2) is 0 Å². The van der Waals surface area contributed by atoms with Crippen molar-refractivity contribution in [3.05, 3.63) is 35.9 Å². The van der Waals surface area contributed by atoms with E-state index in [2.05, 4.69) is 0 Å². The molecule has 1 aromatic carbocycles. The van der Waals surface area contributed by atoms with E-state index in [1.54, 1.807) is 0 Å². The first-order valence-corrected chi connectivity index (χ1v) is 6.06. The van der Waals surface area contributed by atoms with Crippen LogP contribution in [0.2, 0.25) is 0 Å². The minimum atomic E-state index is -0.907. The molecule has 1 heterocycles. The normalized spacial score (nSPS) is 23.9. The van der Waals surface area contributed by atoms with E-state index in [4.69, 9.17) is 15.6 Å². The second kappa shape index (κ2) is 5.84. The highest BCUT2D eigenvalue weighted by Gasteiger charge is 2.29. The first-order valence-electron chi connectivity index (χ1n) is 6.06. The Balaban J connectivity index is 1.89. The number of amides is 1. The van der Waals surface area contributed by atoms with Crippen LogP contribution < -0.4 is 5.73 Å². The lowest BCUT2D eigenvalue weighted by Crippen LogP contribution is -2.53. The Morgan fingerprint density at radius 1 is 1.44 bits per heavy atom. The van der Waals surface area contributed by atoms with E-state index < -0.39 is 6.09 Å². The number of benzene rings is 1. The molecule has 5 heteroatoms. The number of hydrogen-bond acceptors (Lipinski definition) is 3. The van der Waals surface area contributed by atoms with Gasteiger partial charge in [-0.25, -0.2) is 4.79 Å². The highest BCUT2D eigenvalue weighted by molar-refractivity contribution is 5.65. The molecule has 0 radical (unpaired) electrons. The minimum Gasteiger partial charge on any atom is -0.465 e. The highest BCUT2D eigenvalue weighted by Crippen LogP contribution is 2.14. The van der Waals surface area contributed by atoms with Crippen molar-refractivity contribution in [1.82, 2.24) is 4.90 Å². The number of nitrogens with zero attached hydrogens (tertiary/aromatic N) is 1. The number of rotatable bonds is 3. The molecule has 1 saturated heterocycles. The van der Waals surface area contributed by atoms with E-state index >= 15 is 0 Å². The van der Waals surface area contributed by atoms with Crippen molar-refractivity contribution in [1.29, 1.82) is 0 Å². The Hall–Kier alpha value is -1.59. The number of ether oxygens (including phenoxy) is 1. The zero-order chi connectivity index (χ0) is 13.0. The van der Waals surface area contributed by atoms with Crippen molar-refractivity contribution < 1.29 is 14.6 Å². The summed E-state index contributed by atoms with van der Waals surface area (Å²) >= 11 is 0. The number of piperidine rings is 1. The zero-order valence-electron chi connectivity index (χ0n) is 10.2. The van der Waals surface area contributed by atoms with Crippen LogP contribution in [-0.2, 0) is 11.3 Å². The molecule has 1 fully saturated rings. The third kappa shape index (κ3) is 3.21. The molecule has 0 unspecified atom stereocenters. The van der Waals surface area contributed by atoms with Crippen LogP contribution in [0.4, 0.5) is 4.79 Å². The van der Waals surface area contributed by atoms with Gasteiger partial charge in [0.05, 0.1) is 19.3 Å². The van der Waals surface area contributed by atoms with Gasteiger partial charge in [0.2, 0.25) is 0 Å². The Morgan fingerprint density at radius 3 is 2.83 bits per heavy atom. The monoisotopic (exact) mass is 250 g/mol. The Bertz CT molecular complexity index is 396. The summed E-state index contributed by atoms with van der Waals surface area (Å²) < 4.78 is 5.73. The highest BCUT2D eigenvalue weighted by atomic mass is 16.5. The fourth-order valence-corrected chi connectivity index (χ4v) is 2.06. The molecule has 0 spiro atoms. The fourth-order valence-electron chi connectivity index (χ4n) is 2.06. The molecular formula is C13H18N2O3. The summed E-state index contributed by atoms with van der Waals surface area (Å²) in [6.45, 7) is 1.30. The lowest BCUT2D eigenvalue weighted by Gasteiger charge is -2.35. The molecule has 98 valence electrons. The second-order valence-electron chi connectivity index (χ2n) is 4.52. The lowest BCUT2D eigenvalue weighted by atomic mass is 10.0. The predicted octanol–water partition coefficient (Wildman–Crippen LogP) is 1.28. The maximum Gasteiger partial charge on any atom is 0.407 e. The summed E-state index contributed by atoms with van der Waals surface area (Å²) in [5, 5.41) is 8.96. The van der Waals surface area contributed by atoms with E-state index in [1.807, 2.05) is 30.3 Å². The Kier molecular flexibility index (Phi) is 4.17. The van der Waals surface area contributed by atoms with Gasteiger partial charge in [-0.2, -0.15) is 0 Å². The second-order valence-corrected chi connectivity index (χ2v) is 4.52. The molecule has 1 aliphatic heterocycles. The van der Waals surface area contributed by atoms with Gasteiger partial charge in [0.1, 0.15) is 0 Å². The van der Waals surface area contributed by atoms with Crippen molar-refractivity contribution in [2.75, 3.05) is 13.1 Å². The summed E-state index contributed by atoms with van der Waals surface area (Å²) in [6, 6.07) is 9.70. The lowest BCUT2D eigenvalue weighted by molar-refractivity contribution is -0.0178. The van der Waals surface area contributed by atoms with Crippen molar-refractivity contribution in [2.45, 2.75) is 25.2 Å². The molecular weight excluding hydrogens is 232 g/mol. The predicted molar refractivity (Wildman–Crippen MR) is 67.2 cm³/mol. The third-order valence-electron chi connectivity index (χ3n) is 3.19. The van der Waals surface area contributed by atoms with E-state index in [0.29, 0.717) is 26.1 Å². The van der Waals surface area contributed by atoms with E-state index in [9.17, 15) is 4.79 Å². The molecule has 2 atom stereocenters. The third-order valence-corrected chi connectivity index (χ3v) is 3.19. The summed E-state index contributed by atoms with van der Waals surface area (Å²) in [5.74, 6) is 0. The van der Waals surface area contributed by atoms with Crippen LogP contribution in [0.25, 0.3) is 0 Å². The van der Waals surface area contributed by atoms with Gasteiger partial charge in [-0.15, -0.1) is 0 Å². The summed E-state index contributed by atoms with van der Waals surface area (Å²) in [4.78, 5) is 12.3. The maximum absolute atomic E-state index is 10.9. The molecule has 1 amide bonds. The fraction of sp³-hybridized carbons (Fsp3) is 0.462. The average Bonchev–Trinajstić information content (AvgIpc) is 2.38. The summed E-state index contributed by atoms with van der Waals surface area (Å²) in [6.07, 6.45) is -0.489. The number of carboxylic acid groups (broad SMARTS) is 1. The van der Waals surface area contributed by atoms with Gasteiger partial charge in [-0.05, 0) is 12.0 Å². The van der Waals surface area contributed by atoms with Gasteiger partial charge in [0.25, 0.3) is 0 Å². The molecule has 1 aromatic rings. The van der Waals surface area contributed by atoms with Crippen LogP contribution in [0, 0.1) is 0 Å². The van der Waals surface area contributed by atoms with E-state index in [1.165, 1.54) is 4.90 Å². The molecule has 1 aliphatic rings. The Morgan fingerprint density at radius 2 is 2.17 bits per heavy atom. The van der Waals surface area contributed by atoms with Gasteiger partial charge < -0.3 is 20.5 Å². The van der Waals surface area contributed by atoms with E-state index in [0.717, 1.165) is 5.56 Å². The van der Waals surface area contributed by atoms with Gasteiger partial charge in [0, 0.05) is 12.6 Å². The number of likely N-dealkylation sites (tertiary alicyclic amines) is 1. The summed E-state index contributed by atoms with van der Waals surface area (Å²) in [7, 11) is 0. The van der Waals surface area contributed by atoms with Crippen LogP contribution in [0.15, 0.2) is 30.3 Å². The van der Waals surface area contributed by atoms with Crippen molar-refractivity contribution in [3.63, 3.8) is 0 Å². The largest absolute Gasteiger partial charge is 0.465 e. The molecule has 5 nitrogen and oxygen atoms in total. The van der Waals surface area contributed by atoms with Crippen LogP contribution >= 0.6 is 0 Å². The number of hydrogen-bond donors (Lipinski definition) is 2. The van der Waals surface area contributed by atoms with Crippen LogP contribution in [-0.4, -0.2) is 41.3 Å². The smallest absolute Gasteiger partial charge is 0.407 e. The van der Waals surface area contributed by atoms with Crippen LogP contribution in [0.1, 0.15) is 12.0 Å². The topological polar surface area (TPSA) is 75.8 Å². The zero-order valence-corrected chi connectivity index (χ0v) is 10.2. The first-order chi connectivity index (χ1) is 8.66. The van der Waals surface area contributed by atoms with Gasteiger partial charge >= 0.3 is 6.09 Å². The molecule has 3 N–H and O–H groups in total. The molecule has 0 aromatic heterocycles. The van der Waals surface area contributed by atoms with Crippen molar-refractivity contribution in [2.24, 2.45) is 5.73 Å². The van der Waals surface area contributed by atoms with Crippen molar-refractivity contribution >= 4 is 6.09 Å². The van der Waals surface area contributed by atoms with Crippen LogP contribution in [0.3, 0.4) is 0 Å². The molecule has 0 aliphatic carbocycles. The van der Waals surface area contributed by atoms with Gasteiger partial charge in [-0.1, -0.05) is 30.3 Å². The molecule has 18 heavy (non-hydrogen) atoms. The number of nitrogens with two attached hydrogens (primary N) is 1.